The lowest BCUT2D eigenvalue weighted by atomic mass is 10.0. The molecule has 11 heteroatoms. The maximum Gasteiger partial charge on any atom is 0.387 e. The van der Waals surface area contributed by atoms with Gasteiger partial charge in [0.15, 0.2) is 23.9 Å². The fourth-order valence-corrected chi connectivity index (χ4v) is 3.83. The summed E-state index contributed by atoms with van der Waals surface area (Å²) in [5.74, 6) is -2.08. The Morgan fingerprint density at radius 3 is 2.42 bits per heavy atom. The van der Waals surface area contributed by atoms with Gasteiger partial charge in [0, 0.05) is 12.0 Å². The summed E-state index contributed by atoms with van der Waals surface area (Å²) in [4.78, 5) is 23.1. The van der Waals surface area contributed by atoms with E-state index in [1.807, 2.05) is 0 Å². The van der Waals surface area contributed by atoms with Gasteiger partial charge in [-0.3, -0.25) is 9.59 Å². The van der Waals surface area contributed by atoms with Gasteiger partial charge in [0.2, 0.25) is 0 Å². The third kappa shape index (κ3) is 7.43. The molecular formula is C22H22Cl2F2NO6+. The Morgan fingerprint density at radius 1 is 1.18 bits per heavy atom. The van der Waals surface area contributed by atoms with Gasteiger partial charge in [-0.1, -0.05) is 29.3 Å². The molecule has 1 unspecified atom stereocenters. The van der Waals surface area contributed by atoms with Crippen molar-refractivity contribution in [1.29, 1.82) is 0 Å². The molecule has 1 N–H and O–H groups in total. The highest BCUT2D eigenvalue weighted by molar-refractivity contribution is 6.35. The van der Waals surface area contributed by atoms with Crippen molar-refractivity contribution in [3.63, 3.8) is 0 Å². The van der Waals surface area contributed by atoms with Crippen molar-refractivity contribution in [2.45, 2.75) is 38.4 Å². The average Bonchev–Trinajstić information content (AvgIpc) is 3.52. The van der Waals surface area contributed by atoms with E-state index in [1.165, 1.54) is 18.2 Å². The van der Waals surface area contributed by atoms with Crippen LogP contribution in [0.5, 0.6) is 11.5 Å². The topological polar surface area (TPSA) is 85.9 Å². The number of aryl methyl sites for hydroxylation is 1. The van der Waals surface area contributed by atoms with E-state index < -0.39 is 31.1 Å². The van der Waals surface area contributed by atoms with Crippen molar-refractivity contribution in [2.24, 2.45) is 13.0 Å². The van der Waals surface area contributed by atoms with Gasteiger partial charge in [-0.25, -0.2) is 4.57 Å². The van der Waals surface area contributed by atoms with E-state index in [9.17, 15) is 18.4 Å². The quantitative estimate of drug-likeness (QED) is 0.275. The number of carbonyl (C=O) groups is 2. The van der Waals surface area contributed by atoms with Gasteiger partial charge >= 0.3 is 18.6 Å². The SMILES string of the molecule is C[n+]1cc(Cl)c(CC(OC(=O)CC(=O)O)c2ccc(OC(F)F)c(OCC3CC3)c2)c(Cl)c1. The second-order valence-corrected chi connectivity index (χ2v) is 8.50. The van der Waals surface area contributed by atoms with Crippen molar-refractivity contribution >= 4 is 35.1 Å². The number of carboxylic acid groups (broad SMARTS) is 1. The maximum absolute atomic E-state index is 12.8. The number of hydrogen-bond donors (Lipinski definition) is 1. The fourth-order valence-electron chi connectivity index (χ4n) is 3.12. The van der Waals surface area contributed by atoms with E-state index in [4.69, 9.17) is 37.8 Å². The molecule has 3 rings (SSSR count). The number of esters is 1. The molecule has 0 amide bonds. The molecule has 1 saturated carbocycles. The van der Waals surface area contributed by atoms with E-state index in [0.717, 1.165) is 12.8 Å². The van der Waals surface area contributed by atoms with Crippen LogP contribution in [0.2, 0.25) is 10.0 Å². The Balaban J connectivity index is 1.94. The number of ether oxygens (including phenoxy) is 3. The molecule has 1 atom stereocenters. The van der Waals surface area contributed by atoms with Crippen LogP contribution in [-0.2, 0) is 27.8 Å². The first kappa shape index (κ1) is 25.0. The minimum atomic E-state index is -3.05. The third-order valence-corrected chi connectivity index (χ3v) is 5.55. The number of rotatable bonds is 11. The molecule has 33 heavy (non-hydrogen) atoms. The predicted octanol–water partition coefficient (Wildman–Crippen LogP) is 4.51. The summed E-state index contributed by atoms with van der Waals surface area (Å²) < 4.78 is 43.0. The second kappa shape index (κ2) is 11.0. The molecule has 7 nitrogen and oxygen atoms in total. The van der Waals surface area contributed by atoms with Crippen LogP contribution in [0.1, 0.15) is 36.5 Å². The molecule has 0 spiro atoms. The van der Waals surface area contributed by atoms with Crippen LogP contribution in [0.4, 0.5) is 8.78 Å². The molecular weight excluding hydrogens is 483 g/mol. The maximum atomic E-state index is 12.8. The first-order valence-electron chi connectivity index (χ1n) is 10.1. The monoisotopic (exact) mass is 504 g/mol. The number of halogens is 4. The van der Waals surface area contributed by atoms with Gasteiger partial charge in [-0.15, -0.1) is 0 Å². The highest BCUT2D eigenvalue weighted by Gasteiger charge is 2.26. The van der Waals surface area contributed by atoms with Crippen LogP contribution in [0.3, 0.4) is 0 Å². The molecule has 1 aromatic carbocycles. The summed E-state index contributed by atoms with van der Waals surface area (Å²) in [6.07, 6.45) is 3.36. The first-order valence-corrected chi connectivity index (χ1v) is 10.8. The minimum absolute atomic E-state index is 0.0149. The van der Waals surface area contributed by atoms with Crippen molar-refractivity contribution in [3.05, 3.63) is 51.8 Å². The van der Waals surface area contributed by atoms with E-state index in [1.54, 1.807) is 24.0 Å². The van der Waals surface area contributed by atoms with E-state index in [-0.39, 0.29) is 17.9 Å². The standard InChI is InChI=1S/C22H21Cl2F2NO6/c1-27-9-15(23)14(16(24)10-27)7-18(32-21(30)8-20(28)29)13-4-5-17(33-22(25)26)19(6-13)31-11-12-2-3-12/h4-6,9-10,12,18,22H,2-3,7-8,11H2,1H3/p+1. The van der Waals surface area contributed by atoms with E-state index >= 15 is 0 Å². The zero-order valence-electron chi connectivity index (χ0n) is 17.6. The molecule has 0 saturated heterocycles. The number of benzene rings is 1. The lowest BCUT2D eigenvalue weighted by Crippen LogP contribution is -2.27. The first-order chi connectivity index (χ1) is 15.6. The highest BCUT2D eigenvalue weighted by Crippen LogP contribution is 2.37. The molecule has 0 aliphatic heterocycles. The molecule has 1 aromatic heterocycles. The summed E-state index contributed by atoms with van der Waals surface area (Å²) in [7, 11) is 1.73. The normalized spacial score (nSPS) is 14.1. The van der Waals surface area contributed by atoms with Gasteiger partial charge < -0.3 is 19.3 Å². The van der Waals surface area contributed by atoms with E-state index in [0.29, 0.717) is 33.7 Å². The summed E-state index contributed by atoms with van der Waals surface area (Å²) in [6, 6.07) is 4.16. The van der Waals surface area contributed by atoms with Gasteiger partial charge in [0.1, 0.15) is 29.6 Å². The Kier molecular flexibility index (Phi) is 8.31. The Labute approximate surface area is 198 Å². The highest BCUT2D eigenvalue weighted by atomic mass is 35.5. The van der Waals surface area contributed by atoms with Crippen LogP contribution in [-0.4, -0.2) is 30.3 Å². The smallest absolute Gasteiger partial charge is 0.387 e. The summed E-state index contributed by atoms with van der Waals surface area (Å²) in [6.45, 7) is -2.72. The van der Waals surface area contributed by atoms with Crippen molar-refractivity contribution in [1.82, 2.24) is 0 Å². The molecule has 2 aromatic rings. The van der Waals surface area contributed by atoms with Gasteiger partial charge in [0.25, 0.3) is 0 Å². The lowest BCUT2D eigenvalue weighted by Gasteiger charge is -2.21. The number of aromatic nitrogens is 1. The zero-order valence-corrected chi connectivity index (χ0v) is 19.1. The van der Waals surface area contributed by atoms with Crippen molar-refractivity contribution in [2.75, 3.05) is 6.61 Å². The number of alkyl halides is 2. The number of carbonyl (C=O) groups excluding carboxylic acids is 1. The van der Waals surface area contributed by atoms with Gasteiger partial charge in [-0.2, -0.15) is 8.78 Å². The average molecular weight is 505 g/mol. The van der Waals surface area contributed by atoms with E-state index in [2.05, 4.69) is 4.74 Å². The molecule has 1 fully saturated rings. The number of nitrogens with zero attached hydrogens (tertiary/aromatic N) is 1. The van der Waals surface area contributed by atoms with Crippen LogP contribution in [0, 0.1) is 5.92 Å². The number of pyridine rings is 1. The molecule has 1 aliphatic carbocycles. The Bertz CT molecular complexity index is 1010. The summed E-state index contributed by atoms with van der Waals surface area (Å²) >= 11 is 12.6. The fraction of sp³-hybridized carbons (Fsp3) is 0.409. The van der Waals surface area contributed by atoms with Crippen LogP contribution in [0.25, 0.3) is 0 Å². The predicted molar refractivity (Wildman–Crippen MR) is 114 cm³/mol. The second-order valence-electron chi connectivity index (χ2n) is 7.69. The lowest BCUT2D eigenvalue weighted by molar-refractivity contribution is -0.671. The van der Waals surface area contributed by atoms with Crippen LogP contribution >= 0.6 is 23.2 Å². The number of hydrogen-bond acceptors (Lipinski definition) is 5. The molecule has 178 valence electrons. The van der Waals surface area contributed by atoms with Crippen molar-refractivity contribution < 1.29 is 42.3 Å². The zero-order chi connectivity index (χ0) is 24.1. The largest absolute Gasteiger partial charge is 0.489 e. The Hall–Kier alpha value is -2.65. The minimum Gasteiger partial charge on any atom is -0.489 e. The van der Waals surface area contributed by atoms with Gasteiger partial charge in [-0.05, 0) is 36.5 Å². The summed E-state index contributed by atoms with van der Waals surface area (Å²) in [5.41, 5.74) is 0.847. The molecule has 0 radical (unpaired) electrons. The van der Waals surface area contributed by atoms with Crippen molar-refractivity contribution in [3.8, 4) is 11.5 Å². The molecule has 0 bridgehead atoms. The van der Waals surface area contributed by atoms with Gasteiger partial charge in [0.05, 0.1) is 6.61 Å². The Morgan fingerprint density at radius 2 is 1.85 bits per heavy atom. The third-order valence-electron chi connectivity index (χ3n) is 4.90. The number of carboxylic acids is 1. The number of aliphatic carboxylic acids is 1. The molecule has 1 heterocycles. The van der Waals surface area contributed by atoms with Crippen LogP contribution in [0.15, 0.2) is 30.6 Å². The summed E-state index contributed by atoms with van der Waals surface area (Å²) in [5, 5.41) is 9.54. The van der Waals surface area contributed by atoms with Crippen LogP contribution < -0.4 is 14.0 Å². The molecule has 1 aliphatic rings.